The molecule has 0 heterocycles. The predicted octanol–water partition coefficient (Wildman–Crippen LogP) is 1.06. The zero-order valence-corrected chi connectivity index (χ0v) is 7.27. The normalized spacial score (nSPS) is 10.5. The van der Waals surface area contributed by atoms with Gasteiger partial charge in [-0.2, -0.15) is 0 Å². The van der Waals surface area contributed by atoms with Gasteiger partial charge in [0.2, 0.25) is 0 Å². The summed E-state index contributed by atoms with van der Waals surface area (Å²) in [4.78, 5) is 10.9. The molecule has 0 bridgehead atoms. The van der Waals surface area contributed by atoms with Gasteiger partial charge in [0.25, 0.3) is 0 Å². The molecule has 0 N–H and O–H groups in total. The molecule has 0 atom stereocenters. The van der Waals surface area contributed by atoms with Crippen LogP contribution in [0, 0.1) is 0 Å². The zero-order chi connectivity index (χ0) is 9.52. The predicted molar refractivity (Wildman–Crippen MR) is 48.9 cm³/mol. The number of carbonyl (C=O) groups is 1. The SMILES string of the molecule is O=C(C=C[O-])CCc1ccccc1. The number of hydrogen-bond acceptors (Lipinski definition) is 2. The second-order valence-electron chi connectivity index (χ2n) is 2.75. The molecule has 1 aromatic rings. The largest absolute Gasteiger partial charge is 0.878 e. The van der Waals surface area contributed by atoms with Crippen molar-refractivity contribution in [3.05, 3.63) is 48.2 Å². The Morgan fingerprint density at radius 2 is 2.00 bits per heavy atom. The van der Waals surface area contributed by atoms with Gasteiger partial charge in [0.05, 0.1) is 0 Å². The Morgan fingerprint density at radius 1 is 1.31 bits per heavy atom. The molecule has 0 amide bonds. The molecule has 0 fully saturated rings. The number of hydrogen-bond donors (Lipinski definition) is 0. The third kappa shape index (κ3) is 3.56. The van der Waals surface area contributed by atoms with Crippen LogP contribution < -0.4 is 5.11 Å². The third-order valence-corrected chi connectivity index (χ3v) is 1.76. The molecule has 0 radical (unpaired) electrons. The van der Waals surface area contributed by atoms with Gasteiger partial charge in [-0.05, 0) is 18.1 Å². The summed E-state index contributed by atoms with van der Waals surface area (Å²) in [6, 6.07) is 9.73. The van der Waals surface area contributed by atoms with Crippen LogP contribution in [0.2, 0.25) is 0 Å². The van der Waals surface area contributed by atoms with Crippen molar-refractivity contribution in [1.29, 1.82) is 0 Å². The van der Waals surface area contributed by atoms with Gasteiger partial charge in [-0.25, -0.2) is 0 Å². The van der Waals surface area contributed by atoms with Gasteiger partial charge >= 0.3 is 0 Å². The highest BCUT2D eigenvalue weighted by Crippen LogP contribution is 2.02. The molecule has 68 valence electrons. The minimum Gasteiger partial charge on any atom is -0.878 e. The number of rotatable bonds is 4. The van der Waals surface area contributed by atoms with E-state index in [2.05, 4.69) is 0 Å². The van der Waals surface area contributed by atoms with E-state index >= 15 is 0 Å². The van der Waals surface area contributed by atoms with Crippen molar-refractivity contribution in [2.45, 2.75) is 12.8 Å². The van der Waals surface area contributed by atoms with E-state index in [0.717, 1.165) is 11.6 Å². The Balaban J connectivity index is 2.40. The summed E-state index contributed by atoms with van der Waals surface area (Å²) in [6.07, 6.45) is 2.71. The lowest BCUT2D eigenvalue weighted by molar-refractivity contribution is -0.274. The van der Waals surface area contributed by atoms with Crippen molar-refractivity contribution in [3.63, 3.8) is 0 Å². The summed E-state index contributed by atoms with van der Waals surface area (Å²) < 4.78 is 0. The van der Waals surface area contributed by atoms with Gasteiger partial charge in [-0.15, -0.1) is 6.26 Å². The third-order valence-electron chi connectivity index (χ3n) is 1.76. The maximum atomic E-state index is 10.9. The molecule has 2 nitrogen and oxygen atoms in total. The highest BCUT2D eigenvalue weighted by molar-refractivity contribution is 5.89. The summed E-state index contributed by atoms with van der Waals surface area (Å²) in [7, 11) is 0. The minimum atomic E-state index is -0.112. The first-order valence-corrected chi connectivity index (χ1v) is 4.18. The molecule has 0 aliphatic rings. The molecule has 0 aromatic heterocycles. The fraction of sp³-hybridized carbons (Fsp3) is 0.182. The molecular weight excluding hydrogens is 164 g/mol. The molecule has 0 spiro atoms. The zero-order valence-electron chi connectivity index (χ0n) is 7.27. The van der Waals surface area contributed by atoms with Crippen LogP contribution in [0.3, 0.4) is 0 Å². The van der Waals surface area contributed by atoms with Crippen LogP contribution in [0.5, 0.6) is 0 Å². The van der Waals surface area contributed by atoms with E-state index in [9.17, 15) is 9.90 Å². The van der Waals surface area contributed by atoms with Gasteiger partial charge in [0, 0.05) is 6.42 Å². The van der Waals surface area contributed by atoms with Crippen LogP contribution in [-0.2, 0) is 11.2 Å². The van der Waals surface area contributed by atoms with Crippen molar-refractivity contribution in [2.24, 2.45) is 0 Å². The number of allylic oxidation sites excluding steroid dienone is 1. The average Bonchev–Trinajstić information content (AvgIpc) is 2.17. The Bertz CT molecular complexity index is 288. The van der Waals surface area contributed by atoms with Crippen molar-refractivity contribution >= 4 is 5.78 Å². The molecule has 0 saturated carbocycles. The molecule has 0 aliphatic heterocycles. The number of aryl methyl sites for hydroxylation is 1. The van der Waals surface area contributed by atoms with Crippen LogP contribution in [-0.4, -0.2) is 5.78 Å². The number of ketones is 1. The lowest BCUT2D eigenvalue weighted by Crippen LogP contribution is -1.98. The summed E-state index contributed by atoms with van der Waals surface area (Å²) >= 11 is 0. The summed E-state index contributed by atoms with van der Waals surface area (Å²) in [5, 5.41) is 9.95. The first-order valence-electron chi connectivity index (χ1n) is 4.18. The molecule has 13 heavy (non-hydrogen) atoms. The van der Waals surface area contributed by atoms with Gasteiger partial charge in [0.15, 0.2) is 5.78 Å². The average molecular weight is 175 g/mol. The Morgan fingerprint density at radius 3 is 2.62 bits per heavy atom. The second-order valence-corrected chi connectivity index (χ2v) is 2.75. The number of benzene rings is 1. The Labute approximate surface area is 77.5 Å². The molecular formula is C11H11O2-. The first-order chi connectivity index (χ1) is 6.33. The molecule has 0 aliphatic carbocycles. The summed E-state index contributed by atoms with van der Waals surface area (Å²) in [5.74, 6) is -0.112. The van der Waals surface area contributed by atoms with E-state index < -0.39 is 0 Å². The Kier molecular flexibility index (Phi) is 3.76. The van der Waals surface area contributed by atoms with E-state index in [0.29, 0.717) is 19.1 Å². The second kappa shape index (κ2) is 5.14. The van der Waals surface area contributed by atoms with Crippen molar-refractivity contribution in [2.75, 3.05) is 0 Å². The van der Waals surface area contributed by atoms with Crippen LogP contribution in [0.1, 0.15) is 12.0 Å². The highest BCUT2D eigenvalue weighted by atomic mass is 16.2. The van der Waals surface area contributed by atoms with Crippen LogP contribution >= 0.6 is 0 Å². The molecule has 0 saturated heterocycles. The molecule has 1 rings (SSSR count). The lowest BCUT2D eigenvalue weighted by Gasteiger charge is -1.98. The first kappa shape index (κ1) is 9.52. The highest BCUT2D eigenvalue weighted by Gasteiger charge is 1.96. The van der Waals surface area contributed by atoms with E-state index in [-0.39, 0.29) is 5.78 Å². The Hall–Kier alpha value is -1.57. The molecule has 1 aromatic carbocycles. The van der Waals surface area contributed by atoms with Gasteiger partial charge < -0.3 is 5.11 Å². The van der Waals surface area contributed by atoms with Crippen LogP contribution in [0.25, 0.3) is 0 Å². The van der Waals surface area contributed by atoms with Gasteiger partial charge in [-0.1, -0.05) is 30.3 Å². The maximum Gasteiger partial charge on any atom is 0.154 e. The van der Waals surface area contributed by atoms with Crippen molar-refractivity contribution < 1.29 is 9.90 Å². The van der Waals surface area contributed by atoms with E-state index in [4.69, 9.17) is 0 Å². The summed E-state index contributed by atoms with van der Waals surface area (Å²) in [6.45, 7) is 0. The fourth-order valence-corrected chi connectivity index (χ4v) is 1.07. The van der Waals surface area contributed by atoms with Gasteiger partial charge in [-0.3, -0.25) is 4.79 Å². The van der Waals surface area contributed by atoms with Crippen molar-refractivity contribution in [3.8, 4) is 0 Å². The minimum absolute atomic E-state index is 0.112. The van der Waals surface area contributed by atoms with E-state index in [1.807, 2.05) is 30.3 Å². The van der Waals surface area contributed by atoms with Gasteiger partial charge in [0.1, 0.15) is 0 Å². The molecule has 2 heteroatoms. The van der Waals surface area contributed by atoms with Crippen LogP contribution in [0.15, 0.2) is 42.7 Å². The fourth-order valence-electron chi connectivity index (χ4n) is 1.07. The maximum absolute atomic E-state index is 10.9. The van der Waals surface area contributed by atoms with Crippen LogP contribution in [0.4, 0.5) is 0 Å². The lowest BCUT2D eigenvalue weighted by atomic mass is 10.1. The number of carbonyl (C=O) groups excluding carboxylic acids is 1. The van der Waals surface area contributed by atoms with E-state index in [1.165, 1.54) is 0 Å². The topological polar surface area (TPSA) is 40.1 Å². The smallest absolute Gasteiger partial charge is 0.154 e. The van der Waals surface area contributed by atoms with Crippen molar-refractivity contribution in [1.82, 2.24) is 0 Å². The quantitative estimate of drug-likeness (QED) is 0.507. The van der Waals surface area contributed by atoms with E-state index in [1.54, 1.807) is 0 Å². The summed E-state index contributed by atoms with van der Waals surface area (Å²) in [5.41, 5.74) is 1.12. The monoisotopic (exact) mass is 175 g/mol. The standard InChI is InChI=1S/C11H12O2/c12-9-8-11(13)7-6-10-4-2-1-3-5-10/h1-5,8-9,12H,6-7H2/p-1. The molecule has 0 unspecified atom stereocenters.